The van der Waals surface area contributed by atoms with Crippen molar-refractivity contribution in [2.75, 3.05) is 0 Å². The molecule has 8 aromatic carbocycles. The van der Waals surface area contributed by atoms with Crippen molar-refractivity contribution in [2.24, 2.45) is 0 Å². The summed E-state index contributed by atoms with van der Waals surface area (Å²) < 4.78 is 18.4. The van der Waals surface area contributed by atoms with E-state index in [1.54, 1.807) is 0 Å². The molecule has 12 rings (SSSR count). The van der Waals surface area contributed by atoms with Crippen LogP contribution in [0.1, 0.15) is 11.1 Å². The van der Waals surface area contributed by atoms with Gasteiger partial charge in [-0.25, -0.2) is 0 Å². The first kappa shape index (κ1) is 28.6. The van der Waals surface area contributed by atoms with Crippen LogP contribution >= 0.6 is 0 Å². The van der Waals surface area contributed by atoms with Crippen molar-refractivity contribution in [3.05, 3.63) is 181 Å². The fourth-order valence-electron chi connectivity index (χ4n) is 8.88. The van der Waals surface area contributed by atoms with Crippen molar-refractivity contribution in [3.63, 3.8) is 0 Å². The highest BCUT2D eigenvalue weighted by molar-refractivity contribution is 6.18. The first-order valence-corrected chi connectivity index (χ1v) is 18.1. The molecule has 0 aliphatic heterocycles. The Kier molecular flexibility index (Phi) is 5.80. The predicted molar refractivity (Wildman–Crippen MR) is 219 cm³/mol. The Hall–Kier alpha value is -7.04. The van der Waals surface area contributed by atoms with Crippen LogP contribution < -0.4 is 0 Å². The zero-order valence-corrected chi connectivity index (χ0v) is 28.6. The van der Waals surface area contributed by atoms with Crippen molar-refractivity contribution in [1.82, 2.24) is 9.13 Å². The van der Waals surface area contributed by atoms with Gasteiger partial charge in [0.2, 0.25) is 0 Å². The van der Waals surface area contributed by atoms with Gasteiger partial charge in [-0.1, -0.05) is 103 Å². The number of aromatic nitrogens is 2. The van der Waals surface area contributed by atoms with E-state index in [1.165, 1.54) is 49.2 Å². The second-order valence-corrected chi connectivity index (χ2v) is 14.1. The molecule has 0 saturated heterocycles. The number of furan rings is 2. The number of hydrogen-bond acceptors (Lipinski definition) is 2. The first-order valence-electron chi connectivity index (χ1n) is 18.1. The van der Waals surface area contributed by atoms with E-state index in [1.807, 2.05) is 0 Å². The Labute approximate surface area is 303 Å². The second kappa shape index (κ2) is 10.7. The molecule has 0 N–H and O–H groups in total. The average molecular weight is 679 g/mol. The third-order valence-electron chi connectivity index (χ3n) is 11.2. The van der Waals surface area contributed by atoms with Crippen LogP contribution in [0.4, 0.5) is 0 Å². The number of hydrogen-bond donors (Lipinski definition) is 0. The topological polar surface area (TPSA) is 36.1 Å². The van der Waals surface area contributed by atoms with Gasteiger partial charge < -0.3 is 18.0 Å². The molecule has 0 fully saturated rings. The molecule has 4 heteroatoms. The van der Waals surface area contributed by atoms with Crippen molar-refractivity contribution in [1.29, 1.82) is 0 Å². The molecular weight excluding hydrogens is 649 g/mol. The van der Waals surface area contributed by atoms with E-state index in [4.69, 9.17) is 8.83 Å². The number of fused-ring (bicyclic) bond motifs is 12. The van der Waals surface area contributed by atoms with Gasteiger partial charge in [-0.2, -0.15) is 0 Å². The summed E-state index contributed by atoms with van der Waals surface area (Å²) in [6, 6.07) is 60.7. The second-order valence-electron chi connectivity index (χ2n) is 14.1. The molecule has 248 valence electrons. The van der Waals surface area contributed by atoms with E-state index in [-0.39, 0.29) is 0 Å². The van der Waals surface area contributed by atoms with Crippen LogP contribution in [0.5, 0.6) is 0 Å². The van der Waals surface area contributed by atoms with E-state index < -0.39 is 0 Å². The molecule has 0 spiro atoms. The Morgan fingerprint density at radius 3 is 1.38 bits per heavy atom. The van der Waals surface area contributed by atoms with E-state index in [9.17, 15) is 0 Å². The van der Waals surface area contributed by atoms with Crippen LogP contribution in [0.3, 0.4) is 0 Å². The molecule has 4 nitrogen and oxygen atoms in total. The fourth-order valence-corrected chi connectivity index (χ4v) is 8.88. The predicted octanol–water partition coefficient (Wildman–Crippen LogP) is 13.3. The third kappa shape index (κ3) is 4.06. The molecule has 0 amide bonds. The standard InChI is InChI=1S/C49H30N2O2/c1-2-12-30(13-3-1)26-40-48-39-28-32(51-43-20-10-6-16-35(43)36-17-7-11-21-44(36)51)23-25-46(39)52-47(48)29-38-37-27-31(22-24-45(37)53-49(38)40)50-41-18-8-4-14-33(41)34-15-5-9-19-42(34)50/h1-25,27-29H,26H2. The monoisotopic (exact) mass is 678 g/mol. The van der Waals surface area contributed by atoms with Crippen molar-refractivity contribution in [2.45, 2.75) is 6.42 Å². The highest BCUT2D eigenvalue weighted by Crippen LogP contribution is 2.43. The largest absolute Gasteiger partial charge is 0.456 e. The Morgan fingerprint density at radius 2 is 0.830 bits per heavy atom. The molecule has 53 heavy (non-hydrogen) atoms. The summed E-state index contributed by atoms with van der Waals surface area (Å²) in [6.45, 7) is 0. The van der Waals surface area contributed by atoms with Crippen LogP contribution in [-0.4, -0.2) is 9.13 Å². The summed E-state index contributed by atoms with van der Waals surface area (Å²) in [6.07, 6.45) is 0.711. The smallest absolute Gasteiger partial charge is 0.139 e. The maximum Gasteiger partial charge on any atom is 0.139 e. The normalized spacial score (nSPS) is 12.2. The summed E-state index contributed by atoms with van der Waals surface area (Å²) in [4.78, 5) is 0. The lowest BCUT2D eigenvalue weighted by Gasteiger charge is -2.09. The molecule has 0 radical (unpaired) electrons. The van der Waals surface area contributed by atoms with Crippen molar-refractivity contribution >= 4 is 87.5 Å². The van der Waals surface area contributed by atoms with Gasteiger partial charge in [0.05, 0.1) is 22.1 Å². The minimum Gasteiger partial charge on any atom is -0.456 e. The lowest BCUT2D eigenvalue weighted by atomic mass is 9.96. The van der Waals surface area contributed by atoms with Gasteiger partial charge in [-0.05, 0) is 72.3 Å². The van der Waals surface area contributed by atoms with Gasteiger partial charge in [-0.15, -0.1) is 0 Å². The van der Waals surface area contributed by atoms with E-state index in [2.05, 4.69) is 179 Å². The van der Waals surface area contributed by atoms with E-state index in [0.717, 1.165) is 60.8 Å². The van der Waals surface area contributed by atoms with Gasteiger partial charge in [0.1, 0.15) is 22.3 Å². The van der Waals surface area contributed by atoms with Crippen molar-refractivity contribution in [3.8, 4) is 11.4 Å². The first-order chi connectivity index (χ1) is 26.3. The fraction of sp³-hybridized carbons (Fsp3) is 0.0204. The quantitative estimate of drug-likeness (QED) is 0.186. The lowest BCUT2D eigenvalue weighted by Crippen LogP contribution is -1.94. The zero-order chi connectivity index (χ0) is 34.6. The van der Waals surface area contributed by atoms with Gasteiger partial charge in [0, 0.05) is 66.4 Å². The molecule has 0 bridgehead atoms. The van der Waals surface area contributed by atoms with Gasteiger partial charge in [0.25, 0.3) is 0 Å². The highest BCUT2D eigenvalue weighted by atomic mass is 16.3. The highest BCUT2D eigenvalue weighted by Gasteiger charge is 2.22. The minimum atomic E-state index is 0.711. The van der Waals surface area contributed by atoms with Crippen LogP contribution in [0.2, 0.25) is 0 Å². The maximum absolute atomic E-state index is 6.89. The number of para-hydroxylation sites is 4. The minimum absolute atomic E-state index is 0.711. The molecule has 0 saturated carbocycles. The molecule has 0 aliphatic carbocycles. The van der Waals surface area contributed by atoms with Crippen LogP contribution in [0, 0.1) is 0 Å². The average Bonchev–Trinajstić information content (AvgIpc) is 3.95. The molecule has 12 aromatic rings. The van der Waals surface area contributed by atoms with Crippen LogP contribution in [-0.2, 0) is 6.42 Å². The third-order valence-corrected chi connectivity index (χ3v) is 11.2. The number of nitrogens with zero attached hydrogens (tertiary/aromatic N) is 2. The molecular formula is C49H30N2O2. The summed E-state index contributed by atoms with van der Waals surface area (Å²) in [5.74, 6) is 0. The number of benzene rings is 8. The lowest BCUT2D eigenvalue weighted by molar-refractivity contribution is 0.660. The summed E-state index contributed by atoms with van der Waals surface area (Å²) in [5, 5.41) is 9.29. The Bertz CT molecular complexity index is 3320. The van der Waals surface area contributed by atoms with Gasteiger partial charge in [-0.3, -0.25) is 0 Å². The van der Waals surface area contributed by atoms with Crippen LogP contribution in [0.15, 0.2) is 179 Å². The molecule has 0 aliphatic rings. The summed E-state index contributed by atoms with van der Waals surface area (Å²) in [5.41, 5.74) is 12.8. The number of rotatable bonds is 4. The van der Waals surface area contributed by atoms with Crippen LogP contribution in [0.25, 0.3) is 98.9 Å². The van der Waals surface area contributed by atoms with Crippen molar-refractivity contribution < 1.29 is 8.83 Å². The molecule has 0 atom stereocenters. The SMILES string of the molecule is c1ccc(Cc2c3oc4ccc(-n5c6ccccc6c6ccccc65)cc4c3cc3oc4ccc(-n5c6ccccc6c6ccccc65)cc4c23)cc1. The van der Waals surface area contributed by atoms with E-state index in [0.29, 0.717) is 6.42 Å². The zero-order valence-electron chi connectivity index (χ0n) is 28.6. The summed E-state index contributed by atoms with van der Waals surface area (Å²) in [7, 11) is 0. The van der Waals surface area contributed by atoms with E-state index >= 15 is 0 Å². The molecule has 4 aromatic heterocycles. The Balaban J connectivity index is 1.14. The molecule has 0 unspecified atom stereocenters. The summed E-state index contributed by atoms with van der Waals surface area (Å²) >= 11 is 0. The Morgan fingerprint density at radius 1 is 0.358 bits per heavy atom. The van der Waals surface area contributed by atoms with Gasteiger partial charge in [0.15, 0.2) is 0 Å². The maximum atomic E-state index is 6.89. The molecule has 4 heterocycles. The van der Waals surface area contributed by atoms with Gasteiger partial charge >= 0.3 is 0 Å².